The lowest BCUT2D eigenvalue weighted by atomic mass is 10.2. The molecule has 0 saturated heterocycles. The number of ether oxygens (including phenoxy) is 1. The van der Waals surface area contributed by atoms with Crippen LogP contribution in [0.2, 0.25) is 5.02 Å². The molecule has 2 aromatic rings. The fourth-order valence-electron chi connectivity index (χ4n) is 1.49. The summed E-state index contributed by atoms with van der Waals surface area (Å²) in [6.45, 7) is 2.68. The van der Waals surface area contributed by atoms with E-state index in [1.807, 2.05) is 19.1 Å². The van der Waals surface area contributed by atoms with Gasteiger partial charge in [-0.3, -0.25) is 0 Å². The molecule has 0 aliphatic carbocycles. The maximum Gasteiger partial charge on any atom is 0.347 e. The van der Waals surface area contributed by atoms with E-state index in [0.29, 0.717) is 11.6 Å². The molecule has 1 heterocycles. The Bertz CT molecular complexity index is 562. The van der Waals surface area contributed by atoms with E-state index in [4.69, 9.17) is 21.4 Å². The standard InChI is InChI=1S/C12H11ClO3S/c1-2-5-16-7-3-4-8-9(6-7)17-11(10(8)13)12(14)15/h3-4,6H,2,5H2,1H3,(H,14,15). The lowest BCUT2D eigenvalue weighted by Crippen LogP contribution is -1.93. The highest BCUT2D eigenvalue weighted by Gasteiger charge is 2.16. The average Bonchev–Trinajstić information content (AvgIpc) is 2.64. The molecule has 0 unspecified atom stereocenters. The molecule has 1 aromatic heterocycles. The summed E-state index contributed by atoms with van der Waals surface area (Å²) in [5, 5.41) is 10.0. The molecule has 0 spiro atoms. The number of carbonyl (C=O) groups is 1. The average molecular weight is 271 g/mol. The quantitative estimate of drug-likeness (QED) is 0.912. The van der Waals surface area contributed by atoms with Crippen LogP contribution in [0, 0.1) is 0 Å². The molecule has 0 saturated carbocycles. The lowest BCUT2D eigenvalue weighted by Gasteiger charge is -2.03. The van der Waals surface area contributed by atoms with E-state index in [1.165, 1.54) is 11.3 Å². The van der Waals surface area contributed by atoms with Gasteiger partial charge in [-0.05, 0) is 24.6 Å². The smallest absolute Gasteiger partial charge is 0.347 e. The molecule has 2 rings (SSSR count). The van der Waals surface area contributed by atoms with Gasteiger partial charge in [0.1, 0.15) is 10.6 Å². The molecule has 0 aliphatic heterocycles. The first-order chi connectivity index (χ1) is 8.13. The number of halogens is 1. The summed E-state index contributed by atoms with van der Waals surface area (Å²) in [6, 6.07) is 5.43. The van der Waals surface area contributed by atoms with Gasteiger partial charge in [0.25, 0.3) is 0 Å². The van der Waals surface area contributed by atoms with Crippen LogP contribution in [0.4, 0.5) is 0 Å². The van der Waals surface area contributed by atoms with E-state index in [-0.39, 0.29) is 4.88 Å². The molecular weight excluding hydrogens is 260 g/mol. The van der Waals surface area contributed by atoms with Gasteiger partial charge >= 0.3 is 5.97 Å². The van der Waals surface area contributed by atoms with Crippen molar-refractivity contribution >= 4 is 39.0 Å². The van der Waals surface area contributed by atoms with Crippen LogP contribution < -0.4 is 4.74 Å². The fraction of sp³-hybridized carbons (Fsp3) is 0.250. The Morgan fingerprint density at radius 1 is 1.53 bits per heavy atom. The third-order valence-electron chi connectivity index (χ3n) is 2.27. The van der Waals surface area contributed by atoms with Crippen molar-refractivity contribution in [3.8, 4) is 5.75 Å². The van der Waals surface area contributed by atoms with Crippen molar-refractivity contribution in [1.82, 2.24) is 0 Å². The minimum absolute atomic E-state index is 0.175. The Balaban J connectivity index is 2.44. The summed E-state index contributed by atoms with van der Waals surface area (Å²) in [5.74, 6) is -0.249. The molecule has 1 aromatic carbocycles. The van der Waals surface area contributed by atoms with E-state index in [2.05, 4.69) is 0 Å². The number of thiophene rings is 1. The Morgan fingerprint density at radius 3 is 2.94 bits per heavy atom. The topological polar surface area (TPSA) is 46.5 Å². The van der Waals surface area contributed by atoms with Crippen molar-refractivity contribution in [3.05, 3.63) is 28.1 Å². The Labute approximate surface area is 108 Å². The first-order valence-electron chi connectivity index (χ1n) is 5.21. The van der Waals surface area contributed by atoms with E-state index in [0.717, 1.165) is 22.3 Å². The maximum absolute atomic E-state index is 10.9. The number of carboxylic acids is 1. The van der Waals surface area contributed by atoms with E-state index in [1.54, 1.807) is 6.07 Å². The van der Waals surface area contributed by atoms with Crippen LogP contribution in [0.3, 0.4) is 0 Å². The Hall–Kier alpha value is -1.26. The summed E-state index contributed by atoms with van der Waals surface area (Å²) < 4.78 is 6.32. The third kappa shape index (κ3) is 2.37. The minimum atomic E-state index is -0.993. The first-order valence-corrected chi connectivity index (χ1v) is 6.41. The van der Waals surface area contributed by atoms with E-state index >= 15 is 0 Å². The van der Waals surface area contributed by atoms with Gasteiger partial charge in [-0.15, -0.1) is 11.3 Å². The molecule has 0 radical (unpaired) electrons. The van der Waals surface area contributed by atoms with Gasteiger partial charge in [0.15, 0.2) is 0 Å². The van der Waals surface area contributed by atoms with Crippen LogP contribution in [-0.2, 0) is 0 Å². The monoisotopic (exact) mass is 270 g/mol. The van der Waals surface area contributed by atoms with Crippen LogP contribution in [0.5, 0.6) is 5.75 Å². The van der Waals surface area contributed by atoms with Crippen molar-refractivity contribution in [2.45, 2.75) is 13.3 Å². The van der Waals surface area contributed by atoms with Crippen LogP contribution in [-0.4, -0.2) is 17.7 Å². The lowest BCUT2D eigenvalue weighted by molar-refractivity contribution is 0.0702. The molecule has 5 heteroatoms. The summed E-state index contributed by atoms with van der Waals surface area (Å²) >= 11 is 7.17. The third-order valence-corrected chi connectivity index (χ3v) is 3.91. The minimum Gasteiger partial charge on any atom is -0.494 e. The van der Waals surface area contributed by atoms with Gasteiger partial charge in [0, 0.05) is 10.1 Å². The van der Waals surface area contributed by atoms with Gasteiger partial charge < -0.3 is 9.84 Å². The zero-order valence-electron chi connectivity index (χ0n) is 9.20. The molecule has 90 valence electrons. The number of rotatable bonds is 4. The van der Waals surface area contributed by atoms with Gasteiger partial charge in [-0.25, -0.2) is 4.79 Å². The number of aromatic carboxylic acids is 1. The van der Waals surface area contributed by atoms with Crippen LogP contribution >= 0.6 is 22.9 Å². The second kappa shape index (κ2) is 4.94. The highest BCUT2D eigenvalue weighted by Crippen LogP contribution is 2.37. The largest absolute Gasteiger partial charge is 0.494 e. The van der Waals surface area contributed by atoms with Crippen LogP contribution in [0.1, 0.15) is 23.0 Å². The number of hydrogen-bond acceptors (Lipinski definition) is 3. The van der Waals surface area contributed by atoms with Gasteiger partial charge in [-0.2, -0.15) is 0 Å². The molecule has 0 aliphatic rings. The second-order valence-electron chi connectivity index (χ2n) is 3.56. The molecule has 17 heavy (non-hydrogen) atoms. The second-order valence-corrected chi connectivity index (χ2v) is 4.99. The number of fused-ring (bicyclic) bond motifs is 1. The number of hydrogen-bond donors (Lipinski definition) is 1. The summed E-state index contributed by atoms with van der Waals surface area (Å²) in [5.41, 5.74) is 0. The predicted octanol–water partition coefficient (Wildman–Crippen LogP) is 4.04. The number of benzene rings is 1. The van der Waals surface area contributed by atoms with Gasteiger partial charge in [0.2, 0.25) is 0 Å². The normalized spacial score (nSPS) is 10.7. The number of carboxylic acid groups (broad SMARTS) is 1. The highest BCUT2D eigenvalue weighted by molar-refractivity contribution is 7.21. The summed E-state index contributed by atoms with van der Waals surface area (Å²) in [7, 11) is 0. The van der Waals surface area contributed by atoms with Crippen molar-refractivity contribution in [1.29, 1.82) is 0 Å². The Morgan fingerprint density at radius 2 is 2.29 bits per heavy atom. The Kier molecular flexibility index (Phi) is 3.54. The molecule has 0 atom stereocenters. The van der Waals surface area contributed by atoms with Crippen molar-refractivity contribution in [2.24, 2.45) is 0 Å². The van der Waals surface area contributed by atoms with E-state index < -0.39 is 5.97 Å². The molecule has 0 fully saturated rings. The fourth-order valence-corrected chi connectivity index (χ4v) is 2.87. The van der Waals surface area contributed by atoms with Crippen LogP contribution in [0.25, 0.3) is 10.1 Å². The summed E-state index contributed by atoms with van der Waals surface area (Å²) in [4.78, 5) is 11.1. The van der Waals surface area contributed by atoms with Crippen molar-refractivity contribution in [3.63, 3.8) is 0 Å². The molecular formula is C12H11ClO3S. The molecule has 0 bridgehead atoms. The maximum atomic E-state index is 10.9. The van der Waals surface area contributed by atoms with Crippen molar-refractivity contribution < 1.29 is 14.6 Å². The van der Waals surface area contributed by atoms with Gasteiger partial charge in [0.05, 0.1) is 11.6 Å². The summed E-state index contributed by atoms with van der Waals surface area (Å²) in [6.07, 6.45) is 0.934. The first kappa shape index (κ1) is 12.2. The van der Waals surface area contributed by atoms with E-state index in [9.17, 15) is 4.79 Å². The molecule has 1 N–H and O–H groups in total. The zero-order valence-corrected chi connectivity index (χ0v) is 10.8. The SMILES string of the molecule is CCCOc1ccc2c(Cl)c(C(=O)O)sc2c1. The molecule has 3 nitrogen and oxygen atoms in total. The zero-order chi connectivity index (χ0) is 12.4. The molecule has 0 amide bonds. The van der Waals surface area contributed by atoms with Crippen LogP contribution in [0.15, 0.2) is 18.2 Å². The van der Waals surface area contributed by atoms with Gasteiger partial charge in [-0.1, -0.05) is 18.5 Å². The van der Waals surface area contributed by atoms with Crippen molar-refractivity contribution in [2.75, 3.05) is 6.61 Å². The predicted molar refractivity (Wildman–Crippen MR) is 69.6 cm³/mol. The highest BCUT2D eigenvalue weighted by atomic mass is 35.5.